The summed E-state index contributed by atoms with van der Waals surface area (Å²) in [6, 6.07) is 4.32. The molecule has 1 aliphatic heterocycles. The van der Waals surface area contributed by atoms with E-state index in [0.29, 0.717) is 18.7 Å². The van der Waals surface area contributed by atoms with Gasteiger partial charge in [-0.25, -0.2) is 0 Å². The molecular weight excluding hydrogens is 332 g/mol. The van der Waals surface area contributed by atoms with E-state index in [9.17, 15) is 14.9 Å². The molecule has 2 fully saturated rings. The van der Waals surface area contributed by atoms with E-state index in [2.05, 4.69) is 4.90 Å². The molecule has 1 amide bonds. The van der Waals surface area contributed by atoms with Crippen molar-refractivity contribution in [1.29, 1.82) is 0 Å². The lowest BCUT2D eigenvalue weighted by Gasteiger charge is -2.28. The number of nitrogens with zero attached hydrogens (tertiary/aromatic N) is 3. The minimum Gasteiger partial charge on any atom is -0.393 e. The lowest BCUT2D eigenvalue weighted by Crippen LogP contribution is -2.37. The van der Waals surface area contributed by atoms with Crippen molar-refractivity contribution in [2.45, 2.75) is 38.5 Å². The van der Waals surface area contributed by atoms with Crippen LogP contribution in [0.5, 0.6) is 0 Å². The van der Waals surface area contributed by atoms with Crippen molar-refractivity contribution < 1.29 is 9.72 Å². The van der Waals surface area contributed by atoms with Crippen molar-refractivity contribution in [2.24, 2.45) is 5.92 Å². The van der Waals surface area contributed by atoms with Gasteiger partial charge in [-0.2, -0.15) is 0 Å². The Morgan fingerprint density at radius 1 is 1.12 bits per heavy atom. The second-order valence-corrected chi connectivity index (χ2v) is 7.48. The van der Waals surface area contributed by atoms with Crippen LogP contribution in [-0.4, -0.2) is 53.4 Å². The van der Waals surface area contributed by atoms with Gasteiger partial charge in [0.15, 0.2) is 0 Å². The quantitative estimate of drug-likeness (QED) is 0.506. The number of hydrogen-bond donors (Lipinski definition) is 1. The molecule has 142 valence electrons. The number of nitrogens with two attached hydrogens (primary N) is 1. The molecule has 1 heterocycles. The predicted molar refractivity (Wildman–Crippen MR) is 101 cm³/mol. The van der Waals surface area contributed by atoms with Gasteiger partial charge >= 0.3 is 0 Å². The molecule has 1 saturated carbocycles. The SMILES string of the molecule is Nc1ccc(C(=O)N2CCCN(CC3CCCCC3)CC2)cc1[N+](=O)[O-]. The van der Waals surface area contributed by atoms with Gasteiger partial charge in [-0.3, -0.25) is 14.9 Å². The van der Waals surface area contributed by atoms with Crippen LogP contribution in [0.3, 0.4) is 0 Å². The number of benzene rings is 1. The summed E-state index contributed by atoms with van der Waals surface area (Å²) in [4.78, 5) is 27.6. The Morgan fingerprint density at radius 2 is 1.88 bits per heavy atom. The number of amides is 1. The Morgan fingerprint density at radius 3 is 2.62 bits per heavy atom. The number of nitrogen functional groups attached to an aromatic ring is 1. The van der Waals surface area contributed by atoms with Crippen molar-refractivity contribution >= 4 is 17.3 Å². The minimum absolute atomic E-state index is 0.0843. The van der Waals surface area contributed by atoms with Gasteiger partial charge in [-0.05, 0) is 43.9 Å². The number of anilines is 1. The van der Waals surface area contributed by atoms with Crippen LogP contribution in [0.25, 0.3) is 0 Å². The molecule has 1 aliphatic carbocycles. The first-order chi connectivity index (χ1) is 12.5. The first-order valence-electron chi connectivity index (χ1n) is 9.60. The van der Waals surface area contributed by atoms with Crippen molar-refractivity contribution in [3.8, 4) is 0 Å². The average molecular weight is 360 g/mol. The summed E-state index contributed by atoms with van der Waals surface area (Å²) in [5.74, 6) is 0.651. The Hall–Kier alpha value is -2.15. The number of carbonyl (C=O) groups is 1. The zero-order valence-electron chi connectivity index (χ0n) is 15.2. The first-order valence-corrected chi connectivity index (χ1v) is 9.60. The molecule has 0 bridgehead atoms. The third-order valence-corrected chi connectivity index (χ3v) is 5.59. The maximum Gasteiger partial charge on any atom is 0.292 e. The van der Waals surface area contributed by atoms with Crippen LogP contribution >= 0.6 is 0 Å². The second-order valence-electron chi connectivity index (χ2n) is 7.48. The summed E-state index contributed by atoms with van der Waals surface area (Å²) in [5, 5.41) is 11.1. The monoisotopic (exact) mass is 360 g/mol. The molecule has 0 unspecified atom stereocenters. The van der Waals surface area contributed by atoms with E-state index in [-0.39, 0.29) is 17.3 Å². The number of carbonyl (C=O) groups excluding carboxylic acids is 1. The highest BCUT2D eigenvalue weighted by atomic mass is 16.6. The van der Waals surface area contributed by atoms with Crippen LogP contribution in [0, 0.1) is 16.0 Å². The fraction of sp³-hybridized carbons (Fsp3) is 0.632. The Labute approximate surface area is 154 Å². The van der Waals surface area contributed by atoms with E-state index in [1.54, 1.807) is 6.07 Å². The Kier molecular flexibility index (Phi) is 6.08. The van der Waals surface area contributed by atoms with Crippen molar-refractivity contribution in [2.75, 3.05) is 38.5 Å². The summed E-state index contributed by atoms with van der Waals surface area (Å²) in [6.07, 6.45) is 7.66. The summed E-state index contributed by atoms with van der Waals surface area (Å²) >= 11 is 0. The number of nitro benzene ring substituents is 1. The van der Waals surface area contributed by atoms with Crippen molar-refractivity contribution in [3.05, 3.63) is 33.9 Å². The van der Waals surface area contributed by atoms with Gasteiger partial charge in [-0.1, -0.05) is 19.3 Å². The van der Waals surface area contributed by atoms with Gasteiger partial charge in [0.05, 0.1) is 4.92 Å². The molecule has 0 aromatic heterocycles. The summed E-state index contributed by atoms with van der Waals surface area (Å²) in [5.41, 5.74) is 5.85. The highest BCUT2D eigenvalue weighted by molar-refractivity contribution is 5.95. The lowest BCUT2D eigenvalue weighted by molar-refractivity contribution is -0.383. The second kappa shape index (κ2) is 8.49. The van der Waals surface area contributed by atoms with Crippen LogP contribution in [0.4, 0.5) is 11.4 Å². The zero-order chi connectivity index (χ0) is 18.5. The predicted octanol–water partition coefficient (Wildman–Crippen LogP) is 2.91. The third kappa shape index (κ3) is 4.52. The number of rotatable bonds is 4. The van der Waals surface area contributed by atoms with E-state index in [0.717, 1.165) is 32.0 Å². The standard InChI is InChI=1S/C19H28N4O3/c20-17-8-7-16(13-18(17)23(25)26)19(24)22-10-4-9-21(11-12-22)14-15-5-2-1-3-6-15/h7-8,13,15H,1-6,9-12,14,20H2. The molecule has 26 heavy (non-hydrogen) atoms. The van der Waals surface area contributed by atoms with E-state index in [1.165, 1.54) is 44.2 Å². The Balaban J connectivity index is 1.60. The fourth-order valence-electron chi connectivity index (χ4n) is 4.11. The average Bonchev–Trinajstić information content (AvgIpc) is 2.88. The zero-order valence-corrected chi connectivity index (χ0v) is 15.2. The fourth-order valence-corrected chi connectivity index (χ4v) is 4.11. The maximum atomic E-state index is 12.8. The number of hydrogen-bond acceptors (Lipinski definition) is 5. The molecule has 1 aromatic carbocycles. The molecule has 3 rings (SSSR count). The summed E-state index contributed by atoms with van der Waals surface area (Å²) < 4.78 is 0. The molecule has 0 spiro atoms. The largest absolute Gasteiger partial charge is 0.393 e. The number of nitro groups is 1. The molecule has 1 aromatic rings. The van der Waals surface area contributed by atoms with Crippen LogP contribution in [0.2, 0.25) is 0 Å². The molecule has 0 atom stereocenters. The summed E-state index contributed by atoms with van der Waals surface area (Å²) in [7, 11) is 0. The van der Waals surface area contributed by atoms with E-state index in [4.69, 9.17) is 5.73 Å². The smallest absolute Gasteiger partial charge is 0.292 e. The maximum absolute atomic E-state index is 12.8. The van der Waals surface area contributed by atoms with E-state index in [1.807, 2.05) is 4.90 Å². The van der Waals surface area contributed by atoms with Crippen LogP contribution in [0.1, 0.15) is 48.9 Å². The Bertz CT molecular complexity index is 658. The van der Waals surface area contributed by atoms with Gasteiger partial charge in [0.2, 0.25) is 0 Å². The molecule has 1 saturated heterocycles. The van der Waals surface area contributed by atoms with Crippen molar-refractivity contribution in [1.82, 2.24) is 9.80 Å². The first kappa shape index (κ1) is 18.6. The highest BCUT2D eigenvalue weighted by Gasteiger charge is 2.24. The molecule has 2 N–H and O–H groups in total. The molecule has 0 radical (unpaired) electrons. The third-order valence-electron chi connectivity index (χ3n) is 5.59. The van der Waals surface area contributed by atoms with Crippen LogP contribution in [-0.2, 0) is 0 Å². The molecule has 2 aliphatic rings. The van der Waals surface area contributed by atoms with Gasteiger partial charge in [-0.15, -0.1) is 0 Å². The van der Waals surface area contributed by atoms with Gasteiger partial charge in [0, 0.05) is 37.8 Å². The van der Waals surface area contributed by atoms with Gasteiger partial charge in [0.1, 0.15) is 5.69 Å². The topological polar surface area (TPSA) is 92.7 Å². The van der Waals surface area contributed by atoms with E-state index < -0.39 is 4.92 Å². The minimum atomic E-state index is -0.541. The lowest BCUT2D eigenvalue weighted by atomic mass is 9.89. The highest BCUT2D eigenvalue weighted by Crippen LogP contribution is 2.25. The van der Waals surface area contributed by atoms with Crippen LogP contribution in [0.15, 0.2) is 18.2 Å². The normalized spacial score (nSPS) is 19.9. The molecule has 7 nitrogen and oxygen atoms in total. The van der Waals surface area contributed by atoms with Crippen LogP contribution < -0.4 is 5.73 Å². The van der Waals surface area contributed by atoms with Gasteiger partial charge < -0.3 is 15.5 Å². The molecular formula is C19H28N4O3. The van der Waals surface area contributed by atoms with Crippen molar-refractivity contribution in [3.63, 3.8) is 0 Å². The van der Waals surface area contributed by atoms with E-state index >= 15 is 0 Å². The molecule has 7 heteroatoms. The van der Waals surface area contributed by atoms with Gasteiger partial charge in [0.25, 0.3) is 11.6 Å². The summed E-state index contributed by atoms with van der Waals surface area (Å²) in [6.45, 7) is 4.39.